The van der Waals surface area contributed by atoms with E-state index in [1.54, 1.807) is 18.2 Å². The SMILES string of the molecule is CC(C)CN1CCN(C(=O)c2cc3cc(Oc4ccc(NC(=O)c5ccc(C(F)(F)F)cc5)cn4)ccc3n2C)CC1. The van der Waals surface area contributed by atoms with E-state index in [0.29, 0.717) is 36.1 Å². The molecule has 1 aliphatic heterocycles. The second-order valence-corrected chi connectivity index (χ2v) is 10.8. The number of nitrogens with zero attached hydrogens (tertiary/aromatic N) is 4. The molecule has 0 unspecified atom stereocenters. The van der Waals surface area contributed by atoms with Crippen molar-refractivity contribution in [1.82, 2.24) is 19.4 Å². The Morgan fingerprint density at radius 3 is 2.31 bits per heavy atom. The number of piperazine rings is 1. The monoisotopic (exact) mass is 579 g/mol. The quantitative estimate of drug-likeness (QED) is 0.288. The molecule has 11 heteroatoms. The molecule has 42 heavy (non-hydrogen) atoms. The zero-order chi connectivity index (χ0) is 30.0. The number of hydrogen-bond acceptors (Lipinski definition) is 5. The van der Waals surface area contributed by atoms with Crippen molar-refractivity contribution < 1.29 is 27.5 Å². The summed E-state index contributed by atoms with van der Waals surface area (Å²) in [6.07, 6.45) is -3.07. The summed E-state index contributed by atoms with van der Waals surface area (Å²) >= 11 is 0. The molecule has 1 saturated heterocycles. The smallest absolute Gasteiger partial charge is 0.416 e. The maximum atomic E-state index is 13.3. The largest absolute Gasteiger partial charge is 0.439 e. The van der Waals surface area contributed by atoms with Gasteiger partial charge >= 0.3 is 6.18 Å². The molecule has 8 nitrogen and oxygen atoms in total. The van der Waals surface area contributed by atoms with E-state index in [1.807, 2.05) is 34.7 Å². The molecule has 0 radical (unpaired) electrons. The van der Waals surface area contributed by atoms with E-state index in [9.17, 15) is 22.8 Å². The fourth-order valence-electron chi connectivity index (χ4n) is 5.06. The number of pyridine rings is 1. The summed E-state index contributed by atoms with van der Waals surface area (Å²) in [5.74, 6) is 0.862. The van der Waals surface area contributed by atoms with Crippen molar-refractivity contribution in [3.63, 3.8) is 0 Å². The van der Waals surface area contributed by atoms with Gasteiger partial charge in [-0.05, 0) is 60.5 Å². The highest BCUT2D eigenvalue weighted by molar-refractivity contribution is 6.04. The van der Waals surface area contributed by atoms with Crippen LogP contribution in [-0.4, -0.2) is 63.9 Å². The second kappa shape index (κ2) is 11.8. The Kier molecular flexibility index (Phi) is 8.22. The van der Waals surface area contributed by atoms with Gasteiger partial charge in [0.05, 0.1) is 17.4 Å². The molecule has 1 N–H and O–H groups in total. The molecular formula is C31H32F3N5O3. The summed E-state index contributed by atoms with van der Waals surface area (Å²) < 4.78 is 46.1. The number of benzene rings is 2. The van der Waals surface area contributed by atoms with Gasteiger partial charge in [-0.2, -0.15) is 13.2 Å². The third-order valence-electron chi connectivity index (χ3n) is 7.21. The molecule has 2 aromatic carbocycles. The minimum Gasteiger partial charge on any atom is -0.439 e. The zero-order valence-electron chi connectivity index (χ0n) is 23.6. The van der Waals surface area contributed by atoms with Crippen molar-refractivity contribution in [2.45, 2.75) is 20.0 Å². The first-order valence-electron chi connectivity index (χ1n) is 13.7. The van der Waals surface area contributed by atoms with Gasteiger partial charge in [0.1, 0.15) is 11.4 Å². The molecule has 1 fully saturated rings. The van der Waals surface area contributed by atoms with E-state index in [1.165, 1.54) is 6.20 Å². The van der Waals surface area contributed by atoms with Crippen LogP contribution < -0.4 is 10.1 Å². The van der Waals surface area contributed by atoms with Crippen LogP contribution in [0, 0.1) is 5.92 Å². The van der Waals surface area contributed by atoms with Gasteiger partial charge in [0.15, 0.2) is 0 Å². The fraction of sp³-hybridized carbons (Fsp3) is 0.323. The van der Waals surface area contributed by atoms with Crippen molar-refractivity contribution in [3.8, 4) is 11.6 Å². The molecule has 220 valence electrons. The number of rotatable bonds is 7. The number of aromatic nitrogens is 2. The van der Waals surface area contributed by atoms with E-state index in [2.05, 4.69) is 29.0 Å². The predicted molar refractivity (Wildman–Crippen MR) is 154 cm³/mol. The van der Waals surface area contributed by atoms with Gasteiger partial charge in [0.25, 0.3) is 11.8 Å². The van der Waals surface area contributed by atoms with Crippen molar-refractivity contribution >= 4 is 28.4 Å². The van der Waals surface area contributed by atoms with Crippen LogP contribution >= 0.6 is 0 Å². The van der Waals surface area contributed by atoms with Crippen LogP contribution in [-0.2, 0) is 13.2 Å². The Morgan fingerprint density at radius 1 is 0.976 bits per heavy atom. The number of amides is 2. The van der Waals surface area contributed by atoms with Gasteiger partial charge in [-0.3, -0.25) is 14.5 Å². The fourth-order valence-corrected chi connectivity index (χ4v) is 5.06. The number of aryl methyl sites for hydroxylation is 1. The predicted octanol–water partition coefficient (Wildman–Crippen LogP) is 6.05. The molecule has 5 rings (SSSR count). The summed E-state index contributed by atoms with van der Waals surface area (Å²) in [5, 5.41) is 3.47. The highest BCUT2D eigenvalue weighted by Crippen LogP contribution is 2.30. The molecule has 3 heterocycles. The number of carbonyl (C=O) groups excluding carboxylic acids is 2. The molecule has 0 saturated carbocycles. The first kappa shape index (κ1) is 29.1. The van der Waals surface area contributed by atoms with Crippen LogP contribution in [0.15, 0.2) is 66.9 Å². The Hall–Kier alpha value is -4.38. The van der Waals surface area contributed by atoms with Crippen LogP contribution in [0.2, 0.25) is 0 Å². The number of halogens is 3. The summed E-state index contributed by atoms with van der Waals surface area (Å²) in [4.78, 5) is 34.3. The maximum absolute atomic E-state index is 13.3. The summed E-state index contributed by atoms with van der Waals surface area (Å²) in [5.41, 5.74) is 1.14. The van der Waals surface area contributed by atoms with Crippen molar-refractivity contribution in [3.05, 3.63) is 83.7 Å². The van der Waals surface area contributed by atoms with E-state index in [-0.39, 0.29) is 17.4 Å². The number of alkyl halides is 3. The van der Waals surface area contributed by atoms with Gasteiger partial charge in [0, 0.05) is 62.3 Å². The molecule has 0 aliphatic carbocycles. The Labute approximate surface area is 241 Å². The molecule has 1 aliphatic rings. The maximum Gasteiger partial charge on any atom is 0.416 e. The zero-order valence-corrected chi connectivity index (χ0v) is 23.6. The molecular weight excluding hydrogens is 547 g/mol. The van der Waals surface area contributed by atoms with E-state index < -0.39 is 17.6 Å². The van der Waals surface area contributed by atoms with Crippen LogP contribution in [0.1, 0.15) is 40.3 Å². The van der Waals surface area contributed by atoms with Crippen LogP contribution in [0.25, 0.3) is 10.9 Å². The van der Waals surface area contributed by atoms with Crippen molar-refractivity contribution in [2.75, 3.05) is 38.0 Å². The molecule has 0 spiro atoms. The Bertz CT molecular complexity index is 1570. The summed E-state index contributed by atoms with van der Waals surface area (Å²) in [7, 11) is 1.88. The van der Waals surface area contributed by atoms with E-state index in [0.717, 1.165) is 54.8 Å². The van der Waals surface area contributed by atoms with Crippen molar-refractivity contribution in [2.24, 2.45) is 13.0 Å². The molecule has 0 atom stereocenters. The lowest BCUT2D eigenvalue weighted by atomic mass is 10.1. The number of anilines is 1. The second-order valence-electron chi connectivity index (χ2n) is 10.8. The van der Waals surface area contributed by atoms with Gasteiger partial charge in [-0.15, -0.1) is 0 Å². The standard InChI is InChI=1S/C31H32F3N5O3/c1-20(2)19-38-12-14-39(15-13-38)30(41)27-17-22-16-25(9-10-26(22)37(27)3)42-28-11-8-24(18-35-28)36-29(40)21-4-6-23(7-5-21)31(32,33)34/h4-11,16-18,20H,12-15,19H2,1-3H3,(H,36,40). The first-order chi connectivity index (χ1) is 20.0. The van der Waals surface area contributed by atoms with Crippen LogP contribution in [0.5, 0.6) is 11.6 Å². The average molecular weight is 580 g/mol. The van der Waals surface area contributed by atoms with Gasteiger partial charge in [0.2, 0.25) is 5.88 Å². The highest BCUT2D eigenvalue weighted by Gasteiger charge is 2.30. The lowest BCUT2D eigenvalue weighted by Crippen LogP contribution is -2.49. The lowest BCUT2D eigenvalue weighted by molar-refractivity contribution is -0.137. The summed E-state index contributed by atoms with van der Waals surface area (Å²) in [6.45, 7) is 8.58. The van der Waals surface area contributed by atoms with Crippen LogP contribution in [0.4, 0.5) is 18.9 Å². The van der Waals surface area contributed by atoms with Gasteiger partial charge in [-0.1, -0.05) is 13.8 Å². The Balaban J connectivity index is 1.21. The third-order valence-corrected chi connectivity index (χ3v) is 7.21. The Morgan fingerprint density at radius 2 is 1.69 bits per heavy atom. The van der Waals surface area contributed by atoms with E-state index >= 15 is 0 Å². The molecule has 4 aromatic rings. The topological polar surface area (TPSA) is 79.7 Å². The molecule has 2 amide bonds. The number of ether oxygens (including phenoxy) is 1. The first-order valence-corrected chi connectivity index (χ1v) is 13.7. The minimum absolute atomic E-state index is 0.0102. The average Bonchev–Trinajstić information content (AvgIpc) is 3.28. The molecule has 2 aromatic heterocycles. The third kappa shape index (κ3) is 6.57. The number of carbonyl (C=O) groups is 2. The highest BCUT2D eigenvalue weighted by atomic mass is 19.4. The normalized spacial score (nSPS) is 14.4. The molecule has 0 bridgehead atoms. The van der Waals surface area contributed by atoms with Gasteiger partial charge in [-0.25, -0.2) is 4.98 Å². The minimum atomic E-state index is -4.47. The van der Waals surface area contributed by atoms with E-state index in [4.69, 9.17) is 4.74 Å². The lowest BCUT2D eigenvalue weighted by Gasteiger charge is -2.35. The number of nitrogens with one attached hydrogen (secondary N) is 1. The summed E-state index contributed by atoms with van der Waals surface area (Å²) in [6, 6.07) is 14.5. The number of fused-ring (bicyclic) bond motifs is 1. The van der Waals surface area contributed by atoms with Crippen LogP contribution in [0.3, 0.4) is 0 Å². The van der Waals surface area contributed by atoms with Crippen molar-refractivity contribution in [1.29, 1.82) is 0 Å². The number of hydrogen-bond donors (Lipinski definition) is 1. The van der Waals surface area contributed by atoms with Gasteiger partial charge < -0.3 is 19.5 Å².